The van der Waals surface area contributed by atoms with E-state index in [-0.39, 0.29) is 0 Å². The lowest BCUT2D eigenvalue weighted by molar-refractivity contribution is 0.0364. The normalized spacial score (nSPS) is 18.2. The summed E-state index contributed by atoms with van der Waals surface area (Å²) in [5.41, 5.74) is 4.07. The summed E-state index contributed by atoms with van der Waals surface area (Å²) in [6, 6.07) is 8.23. The average molecular weight is 407 g/mol. The van der Waals surface area contributed by atoms with Crippen molar-refractivity contribution in [1.29, 1.82) is 0 Å². The van der Waals surface area contributed by atoms with Crippen LogP contribution in [0.25, 0.3) is 22.3 Å². The van der Waals surface area contributed by atoms with E-state index < -0.39 is 0 Å². The van der Waals surface area contributed by atoms with E-state index in [9.17, 15) is 0 Å². The van der Waals surface area contributed by atoms with E-state index in [1.807, 2.05) is 6.07 Å². The van der Waals surface area contributed by atoms with Crippen molar-refractivity contribution in [3.05, 3.63) is 36.3 Å². The van der Waals surface area contributed by atoms with Gasteiger partial charge in [-0.05, 0) is 25.1 Å². The maximum Gasteiger partial charge on any atom is 0.226 e. The predicted molar refractivity (Wildman–Crippen MR) is 115 cm³/mol. The third kappa shape index (κ3) is 4.03. The Hall–Kier alpha value is -2.55. The fraction of sp³-hybridized carbons (Fsp3) is 0.500. The van der Waals surface area contributed by atoms with Crippen LogP contribution in [0.2, 0.25) is 0 Å². The molecule has 2 aromatic heterocycles. The average Bonchev–Trinajstić information content (AvgIpc) is 3.13. The molecular formula is C22H27N6O2. The van der Waals surface area contributed by atoms with Gasteiger partial charge in [0.1, 0.15) is 5.82 Å². The molecule has 2 saturated heterocycles. The number of aryl methyl sites for hydroxylation is 1. The predicted octanol–water partition coefficient (Wildman–Crippen LogP) is 1.77. The van der Waals surface area contributed by atoms with Crippen molar-refractivity contribution in [3.8, 4) is 11.3 Å². The van der Waals surface area contributed by atoms with Crippen molar-refractivity contribution in [2.75, 3.05) is 64.1 Å². The summed E-state index contributed by atoms with van der Waals surface area (Å²) in [7, 11) is 0. The zero-order chi connectivity index (χ0) is 20.3. The lowest BCUT2D eigenvalue weighted by atomic mass is 10.1. The minimum absolute atomic E-state index is 0.709. The zero-order valence-electron chi connectivity index (χ0n) is 17.4. The van der Waals surface area contributed by atoms with Crippen LogP contribution in [-0.4, -0.2) is 83.6 Å². The summed E-state index contributed by atoms with van der Waals surface area (Å²) < 4.78 is 13.2. The fourth-order valence-corrected chi connectivity index (χ4v) is 4.13. The molecule has 1 radical (unpaired) electrons. The van der Waals surface area contributed by atoms with Crippen molar-refractivity contribution in [2.24, 2.45) is 0 Å². The molecule has 3 aromatic rings. The SMILES string of the molecule is Cc1nc2cc(-c3c[c]nc(N4CCOCC4)n3)ccc2n1CCN1CCOCC1. The maximum atomic E-state index is 5.45. The van der Waals surface area contributed by atoms with Crippen LogP contribution in [0.3, 0.4) is 0 Å². The van der Waals surface area contributed by atoms with Gasteiger partial charge < -0.3 is 18.9 Å². The van der Waals surface area contributed by atoms with Crippen molar-refractivity contribution >= 4 is 17.0 Å². The third-order valence-electron chi connectivity index (χ3n) is 5.86. The first-order valence-electron chi connectivity index (χ1n) is 10.6. The summed E-state index contributed by atoms with van der Waals surface area (Å²) in [5, 5.41) is 0. The third-order valence-corrected chi connectivity index (χ3v) is 5.86. The first-order valence-corrected chi connectivity index (χ1v) is 10.6. The van der Waals surface area contributed by atoms with E-state index in [0.717, 1.165) is 80.6 Å². The highest BCUT2D eigenvalue weighted by molar-refractivity contribution is 5.82. The summed E-state index contributed by atoms with van der Waals surface area (Å²) >= 11 is 0. The lowest BCUT2D eigenvalue weighted by Gasteiger charge is -2.26. The van der Waals surface area contributed by atoms with Crippen molar-refractivity contribution < 1.29 is 9.47 Å². The van der Waals surface area contributed by atoms with Gasteiger partial charge in [0.25, 0.3) is 0 Å². The number of fused-ring (bicyclic) bond motifs is 1. The van der Waals surface area contributed by atoms with Gasteiger partial charge in [-0.15, -0.1) is 0 Å². The number of rotatable bonds is 5. The van der Waals surface area contributed by atoms with Crippen LogP contribution >= 0.6 is 0 Å². The summed E-state index contributed by atoms with van der Waals surface area (Å²) in [6.45, 7) is 10.7. The van der Waals surface area contributed by atoms with Crippen LogP contribution in [0.4, 0.5) is 5.95 Å². The van der Waals surface area contributed by atoms with E-state index in [1.165, 1.54) is 0 Å². The first kappa shape index (κ1) is 19.4. The molecule has 5 rings (SSSR count). The number of anilines is 1. The zero-order valence-corrected chi connectivity index (χ0v) is 17.4. The molecule has 157 valence electrons. The molecule has 0 unspecified atom stereocenters. The number of nitrogens with zero attached hydrogens (tertiary/aromatic N) is 6. The quantitative estimate of drug-likeness (QED) is 0.638. The van der Waals surface area contributed by atoms with Gasteiger partial charge in [0.05, 0.1) is 49.4 Å². The van der Waals surface area contributed by atoms with E-state index in [1.54, 1.807) is 0 Å². The Kier molecular flexibility index (Phi) is 5.61. The lowest BCUT2D eigenvalue weighted by Crippen LogP contribution is -2.38. The van der Waals surface area contributed by atoms with Crippen LogP contribution < -0.4 is 4.90 Å². The second-order valence-electron chi connectivity index (χ2n) is 7.75. The van der Waals surface area contributed by atoms with Crippen molar-refractivity contribution in [3.63, 3.8) is 0 Å². The van der Waals surface area contributed by atoms with Crippen LogP contribution in [0.1, 0.15) is 5.82 Å². The number of aromatic nitrogens is 4. The summed E-state index contributed by atoms with van der Waals surface area (Å²) in [4.78, 5) is 18.5. The standard InChI is InChI=1S/C22H27N6O2/c1-17-24-20-16-18(19-4-5-23-22(25-19)27-10-14-30-15-11-27)2-3-21(20)28(17)7-6-26-8-12-29-13-9-26/h2-4,16H,6-15H2,1H3. The Bertz CT molecular complexity index is 1010. The van der Waals surface area contributed by atoms with Gasteiger partial charge in [0, 0.05) is 44.8 Å². The molecule has 0 spiro atoms. The van der Waals surface area contributed by atoms with Crippen molar-refractivity contribution in [1.82, 2.24) is 24.4 Å². The smallest absolute Gasteiger partial charge is 0.226 e. The minimum atomic E-state index is 0.709. The Morgan fingerprint density at radius 3 is 2.53 bits per heavy atom. The van der Waals surface area contributed by atoms with Crippen LogP contribution in [-0.2, 0) is 16.0 Å². The van der Waals surface area contributed by atoms with Crippen LogP contribution in [0, 0.1) is 13.1 Å². The highest BCUT2D eigenvalue weighted by Gasteiger charge is 2.16. The van der Waals surface area contributed by atoms with Gasteiger partial charge in [-0.3, -0.25) is 4.90 Å². The number of benzene rings is 1. The second kappa shape index (κ2) is 8.67. The number of morpholine rings is 2. The number of ether oxygens (including phenoxy) is 2. The van der Waals surface area contributed by atoms with Crippen LogP contribution in [0.15, 0.2) is 24.3 Å². The number of imidazole rings is 1. The topological polar surface area (TPSA) is 68.5 Å². The molecule has 0 atom stereocenters. The largest absolute Gasteiger partial charge is 0.379 e. The Balaban J connectivity index is 1.37. The van der Waals surface area contributed by atoms with Crippen molar-refractivity contribution in [2.45, 2.75) is 13.5 Å². The minimum Gasteiger partial charge on any atom is -0.379 e. The van der Waals surface area contributed by atoms with E-state index >= 15 is 0 Å². The molecule has 0 saturated carbocycles. The summed E-state index contributed by atoms with van der Waals surface area (Å²) in [6.07, 6.45) is 3.01. The molecule has 0 amide bonds. The monoisotopic (exact) mass is 407 g/mol. The van der Waals surface area contributed by atoms with E-state index in [4.69, 9.17) is 19.4 Å². The van der Waals surface area contributed by atoms with Crippen LogP contribution in [0.5, 0.6) is 0 Å². The molecule has 2 aliphatic rings. The molecule has 0 N–H and O–H groups in total. The molecule has 0 bridgehead atoms. The highest BCUT2D eigenvalue weighted by Crippen LogP contribution is 2.25. The van der Waals surface area contributed by atoms with E-state index in [2.05, 4.69) is 50.7 Å². The Labute approximate surface area is 176 Å². The fourth-order valence-electron chi connectivity index (χ4n) is 4.13. The molecule has 2 fully saturated rings. The molecule has 4 heterocycles. The number of hydrogen-bond donors (Lipinski definition) is 0. The molecule has 2 aliphatic heterocycles. The second-order valence-corrected chi connectivity index (χ2v) is 7.75. The van der Waals surface area contributed by atoms with Gasteiger partial charge in [-0.25, -0.2) is 15.0 Å². The van der Waals surface area contributed by atoms with Gasteiger partial charge in [0.15, 0.2) is 0 Å². The molecule has 8 nitrogen and oxygen atoms in total. The highest BCUT2D eigenvalue weighted by atomic mass is 16.5. The first-order chi connectivity index (χ1) is 14.8. The molecule has 1 aromatic carbocycles. The molecule has 8 heteroatoms. The van der Waals surface area contributed by atoms with Gasteiger partial charge >= 0.3 is 0 Å². The maximum absolute atomic E-state index is 5.45. The summed E-state index contributed by atoms with van der Waals surface area (Å²) in [5.74, 6) is 1.75. The number of hydrogen-bond acceptors (Lipinski definition) is 7. The molecule has 0 aliphatic carbocycles. The Morgan fingerprint density at radius 2 is 1.73 bits per heavy atom. The van der Waals surface area contributed by atoms with Gasteiger partial charge in [0.2, 0.25) is 5.95 Å². The van der Waals surface area contributed by atoms with E-state index in [0.29, 0.717) is 19.2 Å². The van der Waals surface area contributed by atoms with Gasteiger partial charge in [-0.1, -0.05) is 6.07 Å². The molecular weight excluding hydrogens is 380 g/mol. The molecule has 30 heavy (non-hydrogen) atoms. The Morgan fingerprint density at radius 1 is 0.967 bits per heavy atom. The van der Waals surface area contributed by atoms with Gasteiger partial charge in [-0.2, -0.15) is 0 Å².